The maximum Gasteiger partial charge on any atom is 0.352 e. The fourth-order valence-corrected chi connectivity index (χ4v) is 0.730. The van der Waals surface area contributed by atoms with Crippen LogP contribution in [0.1, 0.15) is 6.92 Å². The van der Waals surface area contributed by atoms with Crippen molar-refractivity contribution in [3.63, 3.8) is 0 Å². The number of nitro groups is 1. The van der Waals surface area contributed by atoms with Gasteiger partial charge in [0.05, 0.1) is 4.92 Å². The summed E-state index contributed by atoms with van der Waals surface area (Å²) < 4.78 is 0. The van der Waals surface area contributed by atoms with Gasteiger partial charge in [-0.25, -0.2) is 4.79 Å². The Morgan fingerprint density at radius 1 is 1.36 bits per heavy atom. The van der Waals surface area contributed by atoms with E-state index in [1.807, 2.05) is 0 Å². The Morgan fingerprint density at radius 3 is 2.36 bits per heavy atom. The van der Waals surface area contributed by atoms with Crippen LogP contribution < -0.4 is 4.89 Å². The maximum absolute atomic E-state index is 10.3. The second-order valence-corrected chi connectivity index (χ2v) is 2.41. The SMILES string of the molecule is CC(=O)OOc1ccc([N+](=O)[O-])cc1. The molecular weight excluding hydrogens is 190 g/mol. The zero-order valence-corrected chi connectivity index (χ0v) is 7.30. The standard InChI is InChI=1S/C8H7NO5/c1-6(10)13-14-8-4-2-7(3-5-8)9(11)12/h2-5H,1H3. The molecule has 0 bridgehead atoms. The molecule has 0 aliphatic carbocycles. The fraction of sp³-hybridized carbons (Fsp3) is 0.125. The molecule has 0 aliphatic rings. The molecule has 0 aliphatic heterocycles. The Kier molecular flexibility index (Phi) is 3.01. The first-order chi connectivity index (χ1) is 6.59. The summed E-state index contributed by atoms with van der Waals surface area (Å²) in [5, 5.41) is 10.3. The normalized spacial score (nSPS) is 9.21. The highest BCUT2D eigenvalue weighted by Crippen LogP contribution is 2.17. The van der Waals surface area contributed by atoms with Crippen LogP contribution in [0.4, 0.5) is 5.69 Å². The third kappa shape index (κ3) is 2.74. The van der Waals surface area contributed by atoms with Gasteiger partial charge >= 0.3 is 5.97 Å². The van der Waals surface area contributed by atoms with Gasteiger partial charge in [-0.15, -0.1) is 0 Å². The number of hydrogen-bond donors (Lipinski definition) is 0. The molecule has 0 saturated carbocycles. The minimum atomic E-state index is -0.594. The molecule has 0 fully saturated rings. The van der Waals surface area contributed by atoms with Crippen molar-refractivity contribution in [2.75, 3.05) is 0 Å². The molecule has 0 unspecified atom stereocenters. The topological polar surface area (TPSA) is 78.7 Å². The van der Waals surface area contributed by atoms with Gasteiger partial charge in [0, 0.05) is 19.1 Å². The number of rotatable bonds is 3. The van der Waals surface area contributed by atoms with Gasteiger partial charge in [0.2, 0.25) is 0 Å². The monoisotopic (exact) mass is 197 g/mol. The molecule has 1 rings (SSSR count). The number of carbonyl (C=O) groups is 1. The number of carbonyl (C=O) groups excluding carboxylic acids is 1. The van der Waals surface area contributed by atoms with Gasteiger partial charge in [-0.1, -0.05) is 0 Å². The van der Waals surface area contributed by atoms with Crippen LogP contribution in [-0.4, -0.2) is 10.9 Å². The van der Waals surface area contributed by atoms with Crippen LogP contribution in [-0.2, 0) is 9.68 Å². The predicted octanol–water partition coefficient (Wildman–Crippen LogP) is 1.45. The molecule has 0 aromatic heterocycles. The highest BCUT2D eigenvalue weighted by atomic mass is 17.2. The van der Waals surface area contributed by atoms with Crippen molar-refractivity contribution in [3.05, 3.63) is 34.4 Å². The van der Waals surface area contributed by atoms with E-state index in [0.29, 0.717) is 0 Å². The van der Waals surface area contributed by atoms with Crippen LogP contribution in [0.15, 0.2) is 24.3 Å². The lowest BCUT2D eigenvalue weighted by atomic mass is 10.3. The Balaban J connectivity index is 2.64. The number of hydrogen-bond acceptors (Lipinski definition) is 5. The van der Waals surface area contributed by atoms with Gasteiger partial charge in [0.1, 0.15) is 0 Å². The molecule has 6 heteroatoms. The zero-order valence-electron chi connectivity index (χ0n) is 7.30. The Bertz CT molecular complexity index is 345. The predicted molar refractivity (Wildman–Crippen MR) is 45.5 cm³/mol. The molecule has 14 heavy (non-hydrogen) atoms. The Labute approximate surface area is 79.1 Å². The second kappa shape index (κ2) is 4.22. The highest BCUT2D eigenvalue weighted by molar-refractivity contribution is 5.65. The summed E-state index contributed by atoms with van der Waals surface area (Å²) in [6.45, 7) is 1.19. The lowest BCUT2D eigenvalue weighted by Crippen LogP contribution is -2.02. The summed E-state index contributed by atoms with van der Waals surface area (Å²) in [6.07, 6.45) is 0. The van der Waals surface area contributed by atoms with Crippen molar-refractivity contribution in [1.29, 1.82) is 0 Å². The van der Waals surface area contributed by atoms with Gasteiger partial charge in [-0.05, 0) is 12.1 Å². The largest absolute Gasteiger partial charge is 0.352 e. The van der Waals surface area contributed by atoms with Crippen molar-refractivity contribution in [2.24, 2.45) is 0 Å². The lowest BCUT2D eigenvalue weighted by Gasteiger charge is -2.00. The third-order valence-corrected chi connectivity index (χ3v) is 1.30. The molecule has 0 atom stereocenters. The van der Waals surface area contributed by atoms with Crippen LogP contribution in [0.2, 0.25) is 0 Å². The molecule has 1 aromatic rings. The lowest BCUT2D eigenvalue weighted by molar-refractivity contribution is -0.384. The molecule has 0 saturated heterocycles. The molecule has 1 aromatic carbocycles. The highest BCUT2D eigenvalue weighted by Gasteiger charge is 2.05. The summed E-state index contributed by atoms with van der Waals surface area (Å²) >= 11 is 0. The van der Waals surface area contributed by atoms with Gasteiger partial charge in [0.25, 0.3) is 5.69 Å². The van der Waals surface area contributed by atoms with Gasteiger partial charge in [-0.2, -0.15) is 0 Å². The zero-order chi connectivity index (χ0) is 10.6. The van der Waals surface area contributed by atoms with E-state index in [0.717, 1.165) is 0 Å². The summed E-state index contributed by atoms with van der Waals surface area (Å²) in [7, 11) is 0. The molecular formula is C8H7NO5. The minimum absolute atomic E-state index is 0.0554. The number of non-ortho nitro benzene ring substituents is 1. The summed E-state index contributed by atoms with van der Waals surface area (Å²) in [6, 6.07) is 5.17. The number of nitrogens with zero attached hydrogens (tertiary/aromatic N) is 1. The smallest absolute Gasteiger partial charge is 0.287 e. The van der Waals surface area contributed by atoms with Crippen molar-refractivity contribution in [2.45, 2.75) is 6.92 Å². The molecule has 0 heterocycles. The Morgan fingerprint density at radius 2 is 1.93 bits per heavy atom. The van der Waals surface area contributed by atoms with E-state index in [-0.39, 0.29) is 11.4 Å². The first-order valence-corrected chi connectivity index (χ1v) is 3.69. The van der Waals surface area contributed by atoms with Crippen LogP contribution in [0, 0.1) is 10.1 Å². The van der Waals surface area contributed by atoms with E-state index < -0.39 is 10.9 Å². The van der Waals surface area contributed by atoms with E-state index in [9.17, 15) is 14.9 Å². The van der Waals surface area contributed by atoms with Gasteiger partial charge in [-0.3, -0.25) is 19.9 Å². The van der Waals surface area contributed by atoms with E-state index in [1.165, 1.54) is 31.2 Å². The van der Waals surface area contributed by atoms with Crippen LogP contribution in [0.5, 0.6) is 5.75 Å². The summed E-state index contributed by atoms with van der Waals surface area (Å²) in [4.78, 5) is 28.8. The molecule has 6 nitrogen and oxygen atoms in total. The average Bonchev–Trinajstić information content (AvgIpc) is 2.15. The Hall–Kier alpha value is -2.11. The van der Waals surface area contributed by atoms with Gasteiger partial charge in [0.15, 0.2) is 5.75 Å². The van der Waals surface area contributed by atoms with Crippen molar-refractivity contribution in [3.8, 4) is 5.75 Å². The number of nitro benzene ring substituents is 1. The minimum Gasteiger partial charge on any atom is -0.287 e. The first kappa shape index (κ1) is 9.97. The summed E-state index contributed by atoms with van der Waals surface area (Å²) in [5.74, 6) is -0.367. The number of benzene rings is 1. The van der Waals surface area contributed by atoms with Crippen LogP contribution in [0.3, 0.4) is 0 Å². The first-order valence-electron chi connectivity index (χ1n) is 3.69. The molecule has 0 N–H and O–H groups in total. The third-order valence-electron chi connectivity index (χ3n) is 1.30. The fourth-order valence-electron chi connectivity index (χ4n) is 0.730. The molecule has 0 amide bonds. The van der Waals surface area contributed by atoms with Crippen LogP contribution >= 0.6 is 0 Å². The van der Waals surface area contributed by atoms with Crippen molar-refractivity contribution < 1.29 is 19.5 Å². The summed E-state index contributed by atoms with van der Waals surface area (Å²) in [5.41, 5.74) is -0.0554. The van der Waals surface area contributed by atoms with Gasteiger partial charge < -0.3 is 0 Å². The molecule has 0 spiro atoms. The quantitative estimate of drug-likeness (QED) is 0.416. The van der Waals surface area contributed by atoms with Crippen LogP contribution in [0.25, 0.3) is 0 Å². The van der Waals surface area contributed by atoms with E-state index >= 15 is 0 Å². The van der Waals surface area contributed by atoms with E-state index in [1.54, 1.807) is 0 Å². The van der Waals surface area contributed by atoms with Crippen molar-refractivity contribution >= 4 is 11.7 Å². The molecule has 0 radical (unpaired) electrons. The van der Waals surface area contributed by atoms with Crippen molar-refractivity contribution in [1.82, 2.24) is 0 Å². The maximum atomic E-state index is 10.3. The average molecular weight is 197 g/mol. The van der Waals surface area contributed by atoms with E-state index in [4.69, 9.17) is 0 Å². The second-order valence-electron chi connectivity index (χ2n) is 2.41. The van der Waals surface area contributed by atoms with E-state index in [2.05, 4.69) is 9.78 Å². The molecule has 74 valence electrons.